The van der Waals surface area contributed by atoms with Gasteiger partial charge in [-0.15, -0.1) is 11.3 Å². The van der Waals surface area contributed by atoms with Crippen molar-refractivity contribution in [2.45, 2.75) is 19.4 Å². The summed E-state index contributed by atoms with van der Waals surface area (Å²) in [6.45, 7) is 1.06. The molecule has 3 heterocycles. The molecule has 0 radical (unpaired) electrons. The Kier molecular flexibility index (Phi) is 1.52. The molecule has 0 spiro atoms. The Hall–Kier alpha value is -1.09. The van der Waals surface area contributed by atoms with Crippen LogP contribution >= 0.6 is 11.3 Å². The van der Waals surface area contributed by atoms with Crippen molar-refractivity contribution in [2.75, 3.05) is 0 Å². The van der Waals surface area contributed by atoms with E-state index in [-0.39, 0.29) is 0 Å². The van der Waals surface area contributed by atoms with E-state index in [0.717, 1.165) is 6.54 Å². The van der Waals surface area contributed by atoms with Crippen molar-refractivity contribution in [3.8, 4) is 11.3 Å². The van der Waals surface area contributed by atoms with Crippen molar-refractivity contribution in [1.29, 1.82) is 0 Å². The fourth-order valence-corrected chi connectivity index (χ4v) is 2.82. The zero-order valence-electron chi connectivity index (χ0n) is 7.23. The van der Waals surface area contributed by atoms with E-state index >= 15 is 0 Å². The summed E-state index contributed by atoms with van der Waals surface area (Å²) in [5.74, 6) is 0. The smallest absolute Gasteiger partial charge is 0.0693 e. The van der Waals surface area contributed by atoms with Gasteiger partial charge >= 0.3 is 0 Å². The molecule has 2 nitrogen and oxygen atoms in total. The first kappa shape index (κ1) is 7.33. The van der Waals surface area contributed by atoms with Gasteiger partial charge in [-0.3, -0.25) is 4.68 Å². The van der Waals surface area contributed by atoms with Gasteiger partial charge in [-0.2, -0.15) is 5.10 Å². The minimum absolute atomic E-state index is 1.06. The molecule has 1 aliphatic rings. The van der Waals surface area contributed by atoms with E-state index in [4.69, 9.17) is 0 Å². The Morgan fingerprint density at radius 2 is 2.38 bits per heavy atom. The molecule has 13 heavy (non-hydrogen) atoms. The Labute approximate surface area is 80.8 Å². The number of nitrogens with zero attached hydrogens (tertiary/aromatic N) is 2. The average Bonchev–Trinajstić information content (AvgIpc) is 2.72. The van der Waals surface area contributed by atoms with E-state index in [0.29, 0.717) is 0 Å². The Morgan fingerprint density at radius 1 is 1.38 bits per heavy atom. The molecule has 2 aromatic heterocycles. The van der Waals surface area contributed by atoms with Crippen LogP contribution in [0.4, 0.5) is 0 Å². The fraction of sp³-hybridized carbons (Fsp3) is 0.300. The summed E-state index contributed by atoms with van der Waals surface area (Å²) in [6.07, 6.45) is 4.31. The van der Waals surface area contributed by atoms with E-state index in [2.05, 4.69) is 27.3 Å². The SMILES string of the molecule is c1cc2n(n1)CCCc1sccc1-2. The summed E-state index contributed by atoms with van der Waals surface area (Å²) in [5.41, 5.74) is 2.67. The van der Waals surface area contributed by atoms with E-state index in [1.807, 2.05) is 17.5 Å². The zero-order chi connectivity index (χ0) is 8.67. The zero-order valence-corrected chi connectivity index (χ0v) is 8.05. The van der Waals surface area contributed by atoms with Crippen LogP contribution in [0.15, 0.2) is 23.7 Å². The Bertz CT molecular complexity index is 387. The van der Waals surface area contributed by atoms with Crippen LogP contribution in [-0.4, -0.2) is 9.78 Å². The number of hydrogen-bond acceptors (Lipinski definition) is 2. The highest BCUT2D eigenvalue weighted by Crippen LogP contribution is 2.31. The molecule has 0 saturated carbocycles. The van der Waals surface area contributed by atoms with Gasteiger partial charge in [-0.05, 0) is 30.4 Å². The topological polar surface area (TPSA) is 17.8 Å². The van der Waals surface area contributed by atoms with Crippen molar-refractivity contribution in [1.82, 2.24) is 9.78 Å². The largest absolute Gasteiger partial charge is 0.265 e. The molecule has 2 aromatic rings. The molecule has 0 aliphatic carbocycles. The Balaban J connectivity index is 2.27. The van der Waals surface area contributed by atoms with Gasteiger partial charge in [-0.1, -0.05) is 0 Å². The van der Waals surface area contributed by atoms with Crippen molar-refractivity contribution in [3.05, 3.63) is 28.6 Å². The second-order valence-electron chi connectivity index (χ2n) is 3.30. The van der Waals surface area contributed by atoms with Gasteiger partial charge in [0.1, 0.15) is 0 Å². The second kappa shape index (κ2) is 2.70. The third-order valence-electron chi connectivity index (χ3n) is 2.51. The predicted molar refractivity (Wildman–Crippen MR) is 53.9 cm³/mol. The van der Waals surface area contributed by atoms with Crippen LogP contribution in [-0.2, 0) is 13.0 Å². The van der Waals surface area contributed by atoms with Crippen LogP contribution in [0, 0.1) is 0 Å². The molecule has 0 fully saturated rings. The molecular weight excluding hydrogens is 180 g/mol. The molecule has 1 aliphatic heterocycles. The molecule has 3 rings (SSSR count). The first-order valence-electron chi connectivity index (χ1n) is 4.54. The van der Waals surface area contributed by atoms with E-state index < -0.39 is 0 Å². The first-order chi connectivity index (χ1) is 6.45. The minimum atomic E-state index is 1.06. The maximum absolute atomic E-state index is 4.32. The molecule has 0 N–H and O–H groups in total. The minimum Gasteiger partial charge on any atom is -0.265 e. The third kappa shape index (κ3) is 1.04. The van der Waals surface area contributed by atoms with Crippen molar-refractivity contribution in [3.63, 3.8) is 0 Å². The standard InChI is InChI=1S/C10H10N2S/c1-2-10-8(4-7-13-10)9-3-5-11-12(9)6-1/h3-5,7H,1-2,6H2. The number of fused-ring (bicyclic) bond motifs is 3. The summed E-state index contributed by atoms with van der Waals surface area (Å²) in [5, 5.41) is 6.49. The summed E-state index contributed by atoms with van der Waals surface area (Å²) in [6, 6.07) is 4.32. The van der Waals surface area contributed by atoms with Gasteiger partial charge in [0.15, 0.2) is 0 Å². The van der Waals surface area contributed by atoms with Gasteiger partial charge in [0.2, 0.25) is 0 Å². The molecule has 0 bridgehead atoms. The maximum Gasteiger partial charge on any atom is 0.0693 e. The van der Waals surface area contributed by atoms with Crippen LogP contribution in [0.3, 0.4) is 0 Å². The lowest BCUT2D eigenvalue weighted by atomic mass is 10.1. The normalized spacial score (nSPS) is 14.8. The molecule has 3 heteroatoms. The highest BCUT2D eigenvalue weighted by Gasteiger charge is 2.14. The molecule has 0 atom stereocenters. The summed E-state index contributed by atoms with van der Waals surface area (Å²) >= 11 is 1.86. The average molecular weight is 190 g/mol. The van der Waals surface area contributed by atoms with Crippen LogP contribution in [0.5, 0.6) is 0 Å². The predicted octanol–water partition coefficient (Wildman–Crippen LogP) is 2.56. The highest BCUT2D eigenvalue weighted by atomic mass is 32.1. The molecule has 0 unspecified atom stereocenters. The lowest BCUT2D eigenvalue weighted by molar-refractivity contribution is 0.596. The van der Waals surface area contributed by atoms with E-state index in [1.54, 1.807) is 0 Å². The molecule has 0 amide bonds. The summed E-state index contributed by atoms with van der Waals surface area (Å²) in [7, 11) is 0. The van der Waals surface area contributed by atoms with Crippen LogP contribution < -0.4 is 0 Å². The monoisotopic (exact) mass is 190 g/mol. The highest BCUT2D eigenvalue weighted by molar-refractivity contribution is 7.10. The quantitative estimate of drug-likeness (QED) is 0.624. The molecule has 66 valence electrons. The number of rotatable bonds is 0. The first-order valence-corrected chi connectivity index (χ1v) is 5.42. The number of aromatic nitrogens is 2. The fourth-order valence-electron chi connectivity index (χ4n) is 1.89. The van der Waals surface area contributed by atoms with Gasteiger partial charge in [-0.25, -0.2) is 0 Å². The van der Waals surface area contributed by atoms with E-state index in [1.165, 1.54) is 29.0 Å². The summed E-state index contributed by atoms with van der Waals surface area (Å²) < 4.78 is 2.11. The van der Waals surface area contributed by atoms with Gasteiger partial charge in [0.25, 0.3) is 0 Å². The van der Waals surface area contributed by atoms with Gasteiger partial charge in [0, 0.05) is 23.2 Å². The second-order valence-corrected chi connectivity index (χ2v) is 4.30. The number of thiophene rings is 1. The molecule has 0 aromatic carbocycles. The maximum atomic E-state index is 4.32. The van der Waals surface area contributed by atoms with Crippen molar-refractivity contribution in [2.24, 2.45) is 0 Å². The van der Waals surface area contributed by atoms with Gasteiger partial charge < -0.3 is 0 Å². The number of hydrogen-bond donors (Lipinski definition) is 0. The number of aryl methyl sites for hydroxylation is 2. The summed E-state index contributed by atoms with van der Waals surface area (Å²) in [4.78, 5) is 1.51. The lowest BCUT2D eigenvalue weighted by Gasteiger charge is -2.00. The Morgan fingerprint density at radius 3 is 3.38 bits per heavy atom. The molecular formula is C10H10N2S. The lowest BCUT2D eigenvalue weighted by Crippen LogP contribution is -1.99. The van der Waals surface area contributed by atoms with E-state index in [9.17, 15) is 0 Å². The molecule has 0 saturated heterocycles. The van der Waals surface area contributed by atoms with Crippen LogP contribution in [0.2, 0.25) is 0 Å². The van der Waals surface area contributed by atoms with Crippen LogP contribution in [0.25, 0.3) is 11.3 Å². The van der Waals surface area contributed by atoms with Gasteiger partial charge in [0.05, 0.1) is 5.69 Å². The van der Waals surface area contributed by atoms with Crippen LogP contribution in [0.1, 0.15) is 11.3 Å². The van der Waals surface area contributed by atoms with Crippen molar-refractivity contribution >= 4 is 11.3 Å². The van der Waals surface area contributed by atoms with Crippen molar-refractivity contribution < 1.29 is 0 Å². The third-order valence-corrected chi connectivity index (χ3v) is 3.49.